The summed E-state index contributed by atoms with van der Waals surface area (Å²) in [5.41, 5.74) is 10.2. The number of hydrogen-bond donors (Lipinski definition) is 0. The molecule has 0 unspecified atom stereocenters. The third-order valence-electron chi connectivity index (χ3n) is 7.85. The molecule has 46 heavy (non-hydrogen) atoms. The summed E-state index contributed by atoms with van der Waals surface area (Å²) in [4.78, 5) is 9.00. The molecule has 2 nitrogen and oxygen atoms in total. The number of aromatic nitrogens is 2. The number of halogens is 2. The van der Waals surface area contributed by atoms with E-state index in [0.29, 0.717) is 0 Å². The molecule has 0 N–H and O–H groups in total. The van der Waals surface area contributed by atoms with Gasteiger partial charge in [-0.15, -0.1) is 68.1 Å². The van der Waals surface area contributed by atoms with Gasteiger partial charge >= 0.3 is 37.9 Å². The first-order valence-corrected chi connectivity index (χ1v) is 24.5. The third kappa shape index (κ3) is 10.8. The quantitative estimate of drug-likeness (QED) is 0.115. The Morgan fingerprint density at radius 3 is 1.37 bits per heavy atom. The summed E-state index contributed by atoms with van der Waals surface area (Å²) in [6.45, 7) is 13.2. The summed E-state index contributed by atoms with van der Waals surface area (Å²) in [5, 5.41) is 5.43. The van der Waals surface area contributed by atoms with Crippen molar-refractivity contribution in [2.75, 3.05) is 0 Å². The number of rotatable bonds is 8. The Balaban J connectivity index is 0.000000214. The number of hydrogen-bond acceptors (Lipinski definition) is 2. The molecular weight excluding hydrogens is 699 g/mol. The van der Waals surface area contributed by atoms with E-state index in [9.17, 15) is 0 Å². The van der Waals surface area contributed by atoms with E-state index in [0.717, 1.165) is 20.9 Å². The van der Waals surface area contributed by atoms with Crippen molar-refractivity contribution in [3.8, 4) is 22.5 Å². The molecule has 238 valence electrons. The van der Waals surface area contributed by atoms with Crippen LogP contribution in [0.4, 0.5) is 0 Å². The zero-order valence-electron chi connectivity index (χ0n) is 28.1. The molecule has 4 aromatic carbocycles. The van der Waals surface area contributed by atoms with Gasteiger partial charge in [0.1, 0.15) is 0 Å². The van der Waals surface area contributed by atoms with E-state index in [4.69, 9.17) is 17.0 Å². The molecule has 0 aliphatic carbocycles. The van der Waals surface area contributed by atoms with Gasteiger partial charge in [0.25, 0.3) is 0 Å². The fourth-order valence-corrected chi connectivity index (χ4v) is 5.55. The van der Waals surface area contributed by atoms with Gasteiger partial charge in [-0.05, 0) is 48.2 Å². The van der Waals surface area contributed by atoms with Gasteiger partial charge < -0.3 is 0 Å². The number of unbranched alkanes of at least 4 members (excludes halogenated alkanes) is 2. The fourth-order valence-electron chi connectivity index (χ4n) is 5.55. The van der Waals surface area contributed by atoms with Crippen LogP contribution in [0.2, 0.25) is 13.1 Å². The van der Waals surface area contributed by atoms with Crippen molar-refractivity contribution in [3.05, 3.63) is 120 Å². The summed E-state index contributed by atoms with van der Waals surface area (Å²) in [7, 11) is 11.0. The van der Waals surface area contributed by atoms with Gasteiger partial charge in [0.2, 0.25) is 0 Å². The molecule has 6 heteroatoms. The monoisotopic (exact) mass is 742 g/mol. The van der Waals surface area contributed by atoms with Crippen LogP contribution < -0.4 is 0 Å². The second-order valence-corrected chi connectivity index (χ2v) is 16.2. The second kappa shape index (κ2) is 20.8. The van der Waals surface area contributed by atoms with Gasteiger partial charge in [-0.1, -0.05) is 90.7 Å². The molecule has 0 aliphatic rings. The van der Waals surface area contributed by atoms with Gasteiger partial charge in [-0.25, -0.2) is 0 Å². The predicted octanol–water partition coefficient (Wildman–Crippen LogP) is 12.7. The minimum atomic E-state index is -0.826. The molecule has 6 rings (SSSR count). The summed E-state index contributed by atoms with van der Waals surface area (Å²) >= 11 is -0.826. The van der Waals surface area contributed by atoms with E-state index >= 15 is 0 Å². The van der Waals surface area contributed by atoms with E-state index in [1.165, 1.54) is 93.5 Å². The summed E-state index contributed by atoms with van der Waals surface area (Å²) in [6, 6.07) is 30.4. The van der Waals surface area contributed by atoms with Crippen LogP contribution in [-0.4, -0.2) is 19.5 Å². The summed E-state index contributed by atoms with van der Waals surface area (Å²) < 4.78 is 0. The number of pyridine rings is 2. The third-order valence-corrected chi connectivity index (χ3v) is 7.85. The first-order chi connectivity index (χ1) is 22.4. The predicted molar refractivity (Wildman–Crippen MR) is 201 cm³/mol. The number of nitrogens with zero attached hydrogens (tertiary/aromatic N) is 2. The van der Waals surface area contributed by atoms with E-state index in [-0.39, 0.29) is 0 Å². The van der Waals surface area contributed by atoms with Gasteiger partial charge in [-0.2, -0.15) is 12.1 Å². The van der Waals surface area contributed by atoms with Gasteiger partial charge in [0.05, 0.1) is 11.4 Å². The van der Waals surface area contributed by atoms with Crippen LogP contribution in [0, 0.1) is 13.8 Å². The molecule has 0 aliphatic heterocycles. The van der Waals surface area contributed by atoms with E-state index in [2.05, 4.69) is 124 Å². The molecule has 0 atom stereocenters. The number of fused-ring (bicyclic) bond motifs is 2. The van der Waals surface area contributed by atoms with Crippen LogP contribution in [0.5, 0.6) is 0 Å². The van der Waals surface area contributed by atoms with Gasteiger partial charge in [0.15, 0.2) is 0 Å². The normalized spacial score (nSPS) is 10.3. The number of benzene rings is 2. The summed E-state index contributed by atoms with van der Waals surface area (Å²) in [6.07, 6.45) is 11.1. The Hall–Kier alpha value is -2.36. The van der Waals surface area contributed by atoms with Gasteiger partial charge in [-0.3, -0.25) is 9.97 Å². The zero-order chi connectivity index (χ0) is 33.3. The van der Waals surface area contributed by atoms with E-state index in [1.54, 1.807) is 0 Å². The second-order valence-electron chi connectivity index (χ2n) is 11.5. The maximum atomic E-state index is 4.93. The van der Waals surface area contributed by atoms with Crippen LogP contribution >= 0.6 is 17.0 Å². The van der Waals surface area contributed by atoms with Crippen molar-refractivity contribution in [1.82, 2.24) is 9.97 Å². The molecule has 0 amide bonds. The molecule has 0 spiro atoms. The average Bonchev–Trinajstić information content (AvgIpc) is 3.71. The van der Waals surface area contributed by atoms with Crippen LogP contribution in [0.3, 0.4) is 0 Å². The Labute approximate surface area is 298 Å². The molecule has 2 aromatic heterocycles. The van der Waals surface area contributed by atoms with Crippen molar-refractivity contribution in [2.24, 2.45) is 0 Å². The Kier molecular flexibility index (Phi) is 17.2. The van der Waals surface area contributed by atoms with Crippen LogP contribution in [-0.2, 0) is 33.7 Å². The standard InChI is InChI=1S/2C19H20N.C2H6Si.2ClH.Zr/c2*1-3-4-7-15-12-17-14(2)9-10-16(18(17)13-15)19-8-5-6-11-20-19;1-3-2;;;/h2*5-6,8-13H,3-4,7H2,1-2H3;1-2H3;2*1H;/q2*-1;;;;+4/p-2. The van der Waals surface area contributed by atoms with Crippen molar-refractivity contribution in [3.63, 3.8) is 0 Å². The summed E-state index contributed by atoms with van der Waals surface area (Å²) in [5.74, 6) is 0. The Bertz CT molecular complexity index is 1600. The van der Waals surface area contributed by atoms with Crippen LogP contribution in [0.25, 0.3) is 44.1 Å². The first kappa shape index (κ1) is 38.1. The topological polar surface area (TPSA) is 25.8 Å². The van der Waals surface area contributed by atoms with Crippen molar-refractivity contribution in [2.45, 2.75) is 79.3 Å². The molecule has 0 saturated carbocycles. The van der Waals surface area contributed by atoms with Crippen molar-refractivity contribution >= 4 is 48.1 Å². The van der Waals surface area contributed by atoms with Gasteiger partial charge in [0, 0.05) is 21.9 Å². The zero-order valence-corrected chi connectivity index (χ0v) is 33.1. The molecule has 0 fully saturated rings. The number of aryl methyl sites for hydroxylation is 4. The van der Waals surface area contributed by atoms with Crippen molar-refractivity contribution in [1.29, 1.82) is 0 Å². The van der Waals surface area contributed by atoms with Crippen molar-refractivity contribution < 1.29 is 20.8 Å². The Morgan fingerprint density at radius 2 is 1.04 bits per heavy atom. The fraction of sp³-hybridized carbons (Fsp3) is 0.300. The molecular formula is C40H46Cl2N2SiZr. The molecule has 0 saturated heterocycles. The Morgan fingerprint density at radius 1 is 0.652 bits per heavy atom. The average molecular weight is 745 g/mol. The van der Waals surface area contributed by atoms with E-state index < -0.39 is 20.8 Å². The SMILES string of the molecule is CCCCc1cc2c(-c3ccccn3)ccc(C)c2[cH-]1.CCCCc1cc2c(-c3ccccn3)ccc(C)c2[cH-]1.C[Si]C.[Cl][Zr+2][Cl]. The maximum absolute atomic E-state index is 4.93. The molecule has 2 radical (unpaired) electrons. The molecule has 6 aromatic rings. The van der Waals surface area contributed by atoms with Crippen LogP contribution in [0.1, 0.15) is 61.8 Å². The minimum absolute atomic E-state index is 0.826. The van der Waals surface area contributed by atoms with Crippen LogP contribution in [0.15, 0.2) is 97.3 Å². The first-order valence-electron chi connectivity index (χ1n) is 16.2. The van der Waals surface area contributed by atoms with E-state index in [1.807, 2.05) is 24.5 Å². The molecule has 2 heterocycles. The molecule has 0 bridgehead atoms.